The number of rotatable bonds is 5. The van der Waals surface area contributed by atoms with Crippen molar-refractivity contribution in [2.24, 2.45) is 0 Å². The van der Waals surface area contributed by atoms with Crippen molar-refractivity contribution in [3.63, 3.8) is 0 Å². The van der Waals surface area contributed by atoms with Crippen molar-refractivity contribution in [2.75, 3.05) is 44.2 Å². The van der Waals surface area contributed by atoms with E-state index < -0.39 is 0 Å². The number of aromatic nitrogens is 1. The van der Waals surface area contributed by atoms with Crippen molar-refractivity contribution in [2.45, 2.75) is 0 Å². The van der Waals surface area contributed by atoms with Crippen LogP contribution in [-0.2, 0) is 0 Å². The third-order valence-electron chi connectivity index (χ3n) is 4.94. The van der Waals surface area contributed by atoms with Gasteiger partial charge in [0.1, 0.15) is 12.4 Å². The monoisotopic (exact) mass is 383 g/mol. The molecule has 4 rings (SSSR count). The average molecular weight is 384 g/mol. The van der Waals surface area contributed by atoms with Crippen LogP contribution in [0.2, 0.25) is 5.02 Å². The van der Waals surface area contributed by atoms with Gasteiger partial charge in [-0.3, -0.25) is 9.69 Å². The summed E-state index contributed by atoms with van der Waals surface area (Å²) in [7, 11) is 0. The first-order chi connectivity index (χ1) is 13.2. The summed E-state index contributed by atoms with van der Waals surface area (Å²) in [4.78, 5) is 19.0. The van der Waals surface area contributed by atoms with Gasteiger partial charge in [-0.15, -0.1) is 0 Å². The number of fused-ring (bicyclic) bond motifs is 1. The van der Waals surface area contributed by atoms with Crippen molar-refractivity contribution in [3.05, 3.63) is 70.0 Å². The molecule has 1 fully saturated rings. The Labute approximate surface area is 163 Å². The Balaban J connectivity index is 1.28. The molecule has 0 amide bonds. The Kier molecular flexibility index (Phi) is 5.32. The van der Waals surface area contributed by atoms with Gasteiger partial charge in [0.15, 0.2) is 0 Å². The van der Waals surface area contributed by atoms with E-state index in [-0.39, 0.29) is 5.56 Å². The molecule has 0 bridgehead atoms. The molecule has 6 heteroatoms. The molecule has 1 aliphatic heterocycles. The average Bonchev–Trinajstić information content (AvgIpc) is 2.69. The zero-order valence-electron chi connectivity index (χ0n) is 15.0. The smallest absolute Gasteiger partial charge is 0.248 e. The number of H-pyrrole nitrogens is 1. The molecular formula is C21H22ClN3O2. The van der Waals surface area contributed by atoms with Gasteiger partial charge >= 0.3 is 0 Å². The number of aromatic amines is 1. The summed E-state index contributed by atoms with van der Waals surface area (Å²) in [5, 5.41) is 1.81. The largest absolute Gasteiger partial charge is 0.492 e. The lowest BCUT2D eigenvalue weighted by Gasteiger charge is -2.36. The molecule has 1 aromatic heterocycles. The second-order valence-electron chi connectivity index (χ2n) is 6.70. The van der Waals surface area contributed by atoms with E-state index in [1.54, 1.807) is 0 Å². The van der Waals surface area contributed by atoms with Gasteiger partial charge in [-0.2, -0.15) is 0 Å². The van der Waals surface area contributed by atoms with E-state index in [4.69, 9.17) is 16.3 Å². The zero-order chi connectivity index (χ0) is 18.6. The molecular weight excluding hydrogens is 362 g/mol. The number of para-hydroxylation sites is 1. The van der Waals surface area contributed by atoms with Crippen LogP contribution in [0.5, 0.6) is 5.75 Å². The number of ether oxygens (including phenoxy) is 1. The molecule has 0 atom stereocenters. The van der Waals surface area contributed by atoms with E-state index in [1.165, 1.54) is 6.07 Å². The highest BCUT2D eigenvalue weighted by Crippen LogP contribution is 2.26. The van der Waals surface area contributed by atoms with Gasteiger partial charge in [-0.25, -0.2) is 0 Å². The minimum absolute atomic E-state index is 0.101. The molecule has 2 heterocycles. The molecule has 0 spiro atoms. The molecule has 1 aliphatic rings. The first-order valence-electron chi connectivity index (χ1n) is 9.17. The molecule has 0 radical (unpaired) electrons. The van der Waals surface area contributed by atoms with Crippen LogP contribution in [0.25, 0.3) is 10.9 Å². The molecule has 3 aromatic rings. The van der Waals surface area contributed by atoms with E-state index in [9.17, 15) is 4.79 Å². The third-order valence-corrected chi connectivity index (χ3v) is 5.26. The van der Waals surface area contributed by atoms with Crippen LogP contribution >= 0.6 is 11.6 Å². The van der Waals surface area contributed by atoms with Gasteiger partial charge in [0.05, 0.1) is 16.2 Å². The number of pyridine rings is 1. The Morgan fingerprint density at radius 2 is 1.78 bits per heavy atom. The third kappa shape index (κ3) is 4.26. The summed E-state index contributed by atoms with van der Waals surface area (Å²) in [6.07, 6.45) is 0. The number of nitrogens with zero attached hydrogens (tertiary/aromatic N) is 2. The van der Waals surface area contributed by atoms with Crippen LogP contribution in [0.15, 0.2) is 59.4 Å². The van der Waals surface area contributed by atoms with Gasteiger partial charge in [-0.05, 0) is 35.7 Å². The summed E-state index contributed by atoms with van der Waals surface area (Å²) < 4.78 is 5.89. The normalized spacial score (nSPS) is 15.2. The van der Waals surface area contributed by atoms with Crippen LogP contribution < -0.4 is 15.2 Å². The molecule has 1 saturated heterocycles. The van der Waals surface area contributed by atoms with E-state index >= 15 is 0 Å². The topological polar surface area (TPSA) is 48.6 Å². The van der Waals surface area contributed by atoms with Crippen LogP contribution in [0.4, 0.5) is 5.69 Å². The summed E-state index contributed by atoms with van der Waals surface area (Å²) >= 11 is 6.30. The first-order valence-corrected chi connectivity index (χ1v) is 9.54. The fourth-order valence-corrected chi connectivity index (χ4v) is 3.69. The maximum Gasteiger partial charge on any atom is 0.248 e. The van der Waals surface area contributed by atoms with Crippen LogP contribution in [0.3, 0.4) is 0 Å². The summed E-state index contributed by atoms with van der Waals surface area (Å²) in [5.74, 6) is 0.777. The van der Waals surface area contributed by atoms with Crippen molar-refractivity contribution >= 4 is 28.2 Å². The minimum atomic E-state index is -0.101. The highest BCUT2D eigenvalue weighted by atomic mass is 35.5. The molecule has 27 heavy (non-hydrogen) atoms. The number of anilines is 1. The zero-order valence-corrected chi connectivity index (χ0v) is 15.8. The van der Waals surface area contributed by atoms with Crippen molar-refractivity contribution in [3.8, 4) is 5.75 Å². The van der Waals surface area contributed by atoms with Crippen LogP contribution in [0, 0.1) is 0 Å². The molecule has 0 aliphatic carbocycles. The maximum absolute atomic E-state index is 11.5. The Hall–Kier alpha value is -2.50. The van der Waals surface area contributed by atoms with Gasteiger partial charge in [0, 0.05) is 44.9 Å². The number of piperazine rings is 1. The summed E-state index contributed by atoms with van der Waals surface area (Å²) in [5.41, 5.74) is 1.81. The number of halogens is 1. The molecule has 140 valence electrons. The quantitative estimate of drug-likeness (QED) is 0.733. The SMILES string of the molecule is O=c1ccc2ccc(OCCN3CCN(c4ccccc4Cl)CC3)cc2[nH]1. The lowest BCUT2D eigenvalue weighted by molar-refractivity contribution is 0.200. The van der Waals surface area contributed by atoms with Crippen molar-refractivity contribution in [1.29, 1.82) is 0 Å². The maximum atomic E-state index is 11.5. The van der Waals surface area contributed by atoms with Crippen LogP contribution in [-0.4, -0.2) is 49.2 Å². The lowest BCUT2D eigenvalue weighted by Crippen LogP contribution is -2.47. The highest BCUT2D eigenvalue weighted by Gasteiger charge is 2.18. The van der Waals surface area contributed by atoms with E-state index in [0.29, 0.717) is 6.61 Å². The summed E-state index contributed by atoms with van der Waals surface area (Å²) in [6.45, 7) is 5.38. The van der Waals surface area contributed by atoms with E-state index in [1.807, 2.05) is 42.5 Å². The Morgan fingerprint density at radius 3 is 2.59 bits per heavy atom. The second kappa shape index (κ2) is 8.03. The summed E-state index contributed by atoms with van der Waals surface area (Å²) in [6, 6.07) is 17.1. The highest BCUT2D eigenvalue weighted by molar-refractivity contribution is 6.33. The van der Waals surface area contributed by atoms with Gasteiger partial charge in [0.25, 0.3) is 0 Å². The number of hydrogen-bond acceptors (Lipinski definition) is 4. The number of hydrogen-bond donors (Lipinski definition) is 1. The standard InChI is InChI=1S/C21H22ClN3O2/c22-18-3-1-2-4-20(18)25-11-9-24(10-12-25)13-14-27-17-7-5-16-6-8-21(26)23-19(16)15-17/h1-8,15H,9-14H2,(H,23,26). The Bertz CT molecular complexity index is 980. The Morgan fingerprint density at radius 1 is 1.00 bits per heavy atom. The van der Waals surface area contributed by atoms with Crippen molar-refractivity contribution < 1.29 is 4.74 Å². The molecule has 2 aromatic carbocycles. The van der Waals surface area contributed by atoms with Crippen molar-refractivity contribution in [1.82, 2.24) is 9.88 Å². The predicted molar refractivity (Wildman–Crippen MR) is 110 cm³/mol. The van der Waals surface area contributed by atoms with Crippen LogP contribution in [0.1, 0.15) is 0 Å². The molecule has 1 N–H and O–H groups in total. The van der Waals surface area contributed by atoms with E-state index in [2.05, 4.69) is 20.9 Å². The molecule has 5 nitrogen and oxygen atoms in total. The number of benzene rings is 2. The fraction of sp³-hybridized carbons (Fsp3) is 0.286. The molecule has 0 saturated carbocycles. The molecule has 0 unspecified atom stereocenters. The van der Waals surface area contributed by atoms with Gasteiger partial charge < -0.3 is 14.6 Å². The first kappa shape index (κ1) is 17.9. The minimum Gasteiger partial charge on any atom is -0.492 e. The van der Waals surface area contributed by atoms with Gasteiger partial charge in [-0.1, -0.05) is 23.7 Å². The second-order valence-corrected chi connectivity index (χ2v) is 7.11. The fourth-order valence-electron chi connectivity index (χ4n) is 3.43. The van der Waals surface area contributed by atoms with Gasteiger partial charge in [0.2, 0.25) is 5.56 Å². The predicted octanol–water partition coefficient (Wildman–Crippen LogP) is 3.38. The van der Waals surface area contributed by atoms with E-state index in [0.717, 1.165) is 60.1 Å². The lowest BCUT2D eigenvalue weighted by atomic mass is 10.2. The number of nitrogens with one attached hydrogen (secondary N) is 1.